The van der Waals surface area contributed by atoms with E-state index in [4.69, 9.17) is 0 Å². The Morgan fingerprint density at radius 2 is 2.17 bits per heavy atom. The fourth-order valence-electron chi connectivity index (χ4n) is 2.97. The summed E-state index contributed by atoms with van der Waals surface area (Å²) in [6, 6.07) is 5.16. The second kappa shape index (κ2) is 6.24. The molecule has 1 aliphatic heterocycles. The van der Waals surface area contributed by atoms with Crippen LogP contribution >= 0.6 is 0 Å². The Hall–Kier alpha value is -2.01. The Labute approximate surface area is 135 Å². The first-order valence-electron chi connectivity index (χ1n) is 8.04. The number of hydrogen-bond acceptors (Lipinski definition) is 3. The molecule has 2 heterocycles. The zero-order valence-corrected chi connectivity index (χ0v) is 13.8. The van der Waals surface area contributed by atoms with Gasteiger partial charge in [0.05, 0.1) is 11.3 Å². The van der Waals surface area contributed by atoms with Crippen molar-refractivity contribution >= 4 is 0 Å². The largest absolute Gasteiger partial charge is 0.310 e. The van der Waals surface area contributed by atoms with Crippen LogP contribution in [0.25, 0.3) is 0 Å². The van der Waals surface area contributed by atoms with E-state index in [2.05, 4.69) is 14.9 Å². The van der Waals surface area contributed by atoms with Gasteiger partial charge in [-0.3, -0.25) is 9.69 Å². The number of fused-ring (bicyclic) bond motifs is 1. The van der Waals surface area contributed by atoms with Gasteiger partial charge in [-0.25, -0.2) is 9.37 Å². The van der Waals surface area contributed by atoms with Gasteiger partial charge in [-0.2, -0.15) is 0 Å². The minimum atomic E-state index is -0.180. The molecule has 1 aromatic carbocycles. The highest BCUT2D eigenvalue weighted by molar-refractivity contribution is 5.28. The smallest absolute Gasteiger partial charge is 0.255 e. The first-order valence-corrected chi connectivity index (χ1v) is 8.04. The summed E-state index contributed by atoms with van der Waals surface area (Å²) in [7, 11) is 0. The molecule has 0 aliphatic carbocycles. The number of nitrogens with zero attached hydrogens (tertiary/aromatic N) is 2. The number of aromatic amines is 1. The van der Waals surface area contributed by atoms with E-state index >= 15 is 0 Å². The van der Waals surface area contributed by atoms with Gasteiger partial charge in [-0.05, 0) is 24.1 Å². The van der Waals surface area contributed by atoms with E-state index in [1.165, 1.54) is 6.07 Å². The van der Waals surface area contributed by atoms with E-state index in [0.717, 1.165) is 35.6 Å². The summed E-state index contributed by atoms with van der Waals surface area (Å²) in [5.41, 5.74) is 3.26. The van der Waals surface area contributed by atoms with Gasteiger partial charge in [0.15, 0.2) is 0 Å². The Balaban J connectivity index is 1.83. The molecular formula is C18H22FN3O. The lowest BCUT2D eigenvalue weighted by Gasteiger charge is -2.28. The van der Waals surface area contributed by atoms with Crippen molar-refractivity contribution in [2.45, 2.75) is 46.2 Å². The number of hydrogen-bond donors (Lipinski definition) is 1. The van der Waals surface area contributed by atoms with Gasteiger partial charge in [0.2, 0.25) is 0 Å². The Morgan fingerprint density at radius 1 is 1.39 bits per heavy atom. The van der Waals surface area contributed by atoms with E-state index in [1.54, 1.807) is 13.0 Å². The van der Waals surface area contributed by atoms with Crippen LogP contribution in [0.5, 0.6) is 0 Å². The summed E-state index contributed by atoms with van der Waals surface area (Å²) in [5, 5.41) is 0. The normalized spacial score (nSPS) is 15.0. The molecule has 0 saturated carbocycles. The zero-order valence-electron chi connectivity index (χ0n) is 13.8. The fraction of sp³-hybridized carbons (Fsp3) is 0.444. The van der Waals surface area contributed by atoms with Crippen LogP contribution in [0.1, 0.15) is 48.0 Å². The first-order chi connectivity index (χ1) is 11.0. The summed E-state index contributed by atoms with van der Waals surface area (Å²) in [6.45, 7) is 7.88. The van der Waals surface area contributed by atoms with Gasteiger partial charge in [-0.1, -0.05) is 26.0 Å². The summed E-state index contributed by atoms with van der Waals surface area (Å²) in [4.78, 5) is 22.0. The van der Waals surface area contributed by atoms with Crippen molar-refractivity contribution in [2.24, 2.45) is 0 Å². The molecule has 1 aromatic heterocycles. The molecule has 0 atom stereocenters. The van der Waals surface area contributed by atoms with Gasteiger partial charge < -0.3 is 4.98 Å². The van der Waals surface area contributed by atoms with Crippen LogP contribution in [-0.2, 0) is 19.5 Å². The Morgan fingerprint density at radius 3 is 2.91 bits per heavy atom. The highest BCUT2D eigenvalue weighted by atomic mass is 19.1. The molecule has 0 saturated heterocycles. The van der Waals surface area contributed by atoms with Gasteiger partial charge >= 0.3 is 0 Å². The monoisotopic (exact) mass is 315 g/mol. The number of nitrogens with one attached hydrogen (secondary N) is 1. The average Bonchev–Trinajstić information content (AvgIpc) is 2.52. The van der Waals surface area contributed by atoms with Crippen LogP contribution in [0, 0.1) is 12.7 Å². The van der Waals surface area contributed by atoms with E-state index in [0.29, 0.717) is 18.7 Å². The summed E-state index contributed by atoms with van der Waals surface area (Å²) in [6.07, 6.45) is 0.757. The molecular weight excluding hydrogens is 293 g/mol. The number of rotatable bonds is 3. The molecule has 0 amide bonds. The lowest BCUT2D eigenvalue weighted by atomic mass is 10.0. The van der Waals surface area contributed by atoms with Crippen molar-refractivity contribution in [3.8, 4) is 0 Å². The first kappa shape index (κ1) is 15.9. The molecule has 0 radical (unpaired) electrons. The van der Waals surface area contributed by atoms with Crippen molar-refractivity contribution in [2.75, 3.05) is 6.54 Å². The predicted octanol–water partition coefficient (Wildman–Crippen LogP) is 2.90. The Kier molecular flexibility index (Phi) is 4.31. The van der Waals surface area contributed by atoms with Crippen molar-refractivity contribution in [1.29, 1.82) is 0 Å². The number of aromatic nitrogens is 2. The molecule has 4 nitrogen and oxygen atoms in total. The topological polar surface area (TPSA) is 49.0 Å². The predicted molar refractivity (Wildman–Crippen MR) is 87.9 cm³/mol. The fourth-order valence-corrected chi connectivity index (χ4v) is 2.97. The minimum absolute atomic E-state index is 0.0423. The molecule has 5 heteroatoms. The van der Waals surface area contributed by atoms with E-state index in [-0.39, 0.29) is 17.3 Å². The number of halogens is 1. The summed E-state index contributed by atoms with van der Waals surface area (Å²) >= 11 is 0. The number of H-pyrrole nitrogens is 1. The van der Waals surface area contributed by atoms with Gasteiger partial charge in [0.25, 0.3) is 5.56 Å². The third-order valence-corrected chi connectivity index (χ3v) is 4.49. The van der Waals surface area contributed by atoms with E-state index in [9.17, 15) is 9.18 Å². The maximum atomic E-state index is 13.7. The summed E-state index contributed by atoms with van der Waals surface area (Å²) < 4.78 is 13.7. The molecule has 1 N–H and O–H groups in total. The number of benzene rings is 1. The molecule has 0 unspecified atom stereocenters. The lowest BCUT2D eigenvalue weighted by molar-refractivity contribution is 0.240. The van der Waals surface area contributed by atoms with Crippen LogP contribution in [0.4, 0.5) is 4.39 Å². The van der Waals surface area contributed by atoms with Crippen molar-refractivity contribution in [1.82, 2.24) is 14.9 Å². The molecule has 0 fully saturated rings. The van der Waals surface area contributed by atoms with Crippen LogP contribution in [0.2, 0.25) is 0 Å². The van der Waals surface area contributed by atoms with Crippen LogP contribution < -0.4 is 5.56 Å². The van der Waals surface area contributed by atoms with Crippen LogP contribution in [-0.4, -0.2) is 21.4 Å². The second-order valence-electron chi connectivity index (χ2n) is 6.52. The molecule has 2 aromatic rings. The maximum Gasteiger partial charge on any atom is 0.255 e. The van der Waals surface area contributed by atoms with Gasteiger partial charge in [-0.15, -0.1) is 0 Å². The van der Waals surface area contributed by atoms with Crippen molar-refractivity contribution in [3.63, 3.8) is 0 Å². The quantitative estimate of drug-likeness (QED) is 0.947. The zero-order chi connectivity index (χ0) is 16.6. The van der Waals surface area contributed by atoms with Crippen molar-refractivity contribution < 1.29 is 4.39 Å². The molecule has 0 bridgehead atoms. The molecule has 23 heavy (non-hydrogen) atoms. The van der Waals surface area contributed by atoms with Gasteiger partial charge in [0, 0.05) is 32.0 Å². The maximum absolute atomic E-state index is 13.7. The summed E-state index contributed by atoms with van der Waals surface area (Å²) in [5.74, 6) is 0.783. The van der Waals surface area contributed by atoms with Crippen LogP contribution in [0.3, 0.4) is 0 Å². The molecule has 0 spiro atoms. The lowest BCUT2D eigenvalue weighted by Crippen LogP contribution is -2.36. The third-order valence-electron chi connectivity index (χ3n) is 4.49. The highest BCUT2D eigenvalue weighted by Gasteiger charge is 2.22. The van der Waals surface area contributed by atoms with Crippen LogP contribution in [0.15, 0.2) is 23.0 Å². The average molecular weight is 315 g/mol. The van der Waals surface area contributed by atoms with E-state index < -0.39 is 0 Å². The molecule has 3 rings (SSSR count). The second-order valence-corrected chi connectivity index (χ2v) is 6.52. The minimum Gasteiger partial charge on any atom is -0.310 e. The van der Waals surface area contributed by atoms with E-state index in [1.807, 2.05) is 19.9 Å². The van der Waals surface area contributed by atoms with Crippen molar-refractivity contribution in [3.05, 3.63) is 62.6 Å². The SMILES string of the molecule is Cc1c(F)cccc1CN1CCc2nc(C(C)C)[nH]c(=O)c2C1. The molecule has 1 aliphatic rings. The Bertz CT molecular complexity index is 782. The van der Waals surface area contributed by atoms with Gasteiger partial charge in [0.1, 0.15) is 11.6 Å². The molecule has 122 valence electrons. The highest BCUT2D eigenvalue weighted by Crippen LogP contribution is 2.20. The standard InChI is InChI=1S/C18H22FN3O/c1-11(2)17-20-16-7-8-22(10-14(16)18(23)21-17)9-13-5-4-6-15(19)12(13)3/h4-6,11H,7-10H2,1-3H3,(H,20,21,23). The third kappa shape index (κ3) is 3.20.